The Hall–Kier alpha value is -3.16. The lowest BCUT2D eigenvalue weighted by atomic mass is 10.1. The molecule has 2 N–H and O–H groups in total. The Morgan fingerprint density at radius 1 is 1.13 bits per heavy atom. The van der Waals surface area contributed by atoms with Crippen LogP contribution in [0.15, 0.2) is 59.7 Å². The predicted octanol–water partition coefficient (Wildman–Crippen LogP) is 4.61. The van der Waals surface area contributed by atoms with Crippen molar-refractivity contribution in [3.8, 4) is 5.75 Å². The normalized spacial score (nSPS) is 11.2. The molecule has 0 saturated heterocycles. The lowest BCUT2D eigenvalue weighted by molar-refractivity contribution is 0.298. The molecule has 4 rings (SSSR count). The summed E-state index contributed by atoms with van der Waals surface area (Å²) in [5.74, 6) is -1.25. The smallest absolute Gasteiger partial charge is 0.273 e. The molecule has 5 nitrogen and oxygen atoms in total. The third-order valence-corrected chi connectivity index (χ3v) is 5.37. The molecule has 0 amide bonds. The second-order valence-corrected chi connectivity index (χ2v) is 7.55. The number of rotatable bonds is 7. The maximum Gasteiger partial charge on any atom is 0.273 e. The van der Waals surface area contributed by atoms with E-state index in [9.17, 15) is 13.6 Å². The summed E-state index contributed by atoms with van der Waals surface area (Å²) in [6.45, 7) is 0.898. The van der Waals surface area contributed by atoms with Gasteiger partial charge < -0.3 is 19.6 Å². The van der Waals surface area contributed by atoms with Crippen LogP contribution in [0.5, 0.6) is 5.75 Å². The van der Waals surface area contributed by atoms with Gasteiger partial charge in [0.05, 0.1) is 6.54 Å². The van der Waals surface area contributed by atoms with Crippen LogP contribution in [0.3, 0.4) is 0 Å². The molecule has 0 radical (unpaired) electrons. The van der Waals surface area contributed by atoms with Gasteiger partial charge in [0.2, 0.25) is 0 Å². The molecule has 0 aliphatic rings. The number of nitrogens with zero attached hydrogens (tertiary/aromatic N) is 1. The molecule has 0 saturated carbocycles. The van der Waals surface area contributed by atoms with Crippen molar-refractivity contribution >= 4 is 22.5 Å². The van der Waals surface area contributed by atoms with Gasteiger partial charge >= 0.3 is 0 Å². The molecule has 0 spiro atoms. The predicted molar refractivity (Wildman–Crippen MR) is 117 cm³/mol. The summed E-state index contributed by atoms with van der Waals surface area (Å²) in [4.78, 5) is 15.9. The number of H-pyrrole nitrogens is 1. The highest BCUT2D eigenvalue weighted by atomic mass is 35.5. The molecule has 4 aromatic rings. The summed E-state index contributed by atoms with van der Waals surface area (Å²) in [5.41, 5.74) is 2.87. The Bertz CT molecular complexity index is 1300. The number of fused-ring (bicyclic) bond motifs is 1. The van der Waals surface area contributed by atoms with Crippen molar-refractivity contribution in [3.05, 3.63) is 98.6 Å². The van der Waals surface area contributed by atoms with Crippen LogP contribution in [0.25, 0.3) is 10.9 Å². The van der Waals surface area contributed by atoms with Crippen molar-refractivity contribution < 1.29 is 13.5 Å². The molecule has 8 heteroatoms. The van der Waals surface area contributed by atoms with E-state index in [0.29, 0.717) is 6.54 Å². The van der Waals surface area contributed by atoms with Crippen LogP contribution in [0.1, 0.15) is 16.7 Å². The van der Waals surface area contributed by atoms with Gasteiger partial charge in [0, 0.05) is 41.5 Å². The third kappa shape index (κ3) is 4.47. The highest BCUT2D eigenvalue weighted by molar-refractivity contribution is 6.31. The van der Waals surface area contributed by atoms with Crippen molar-refractivity contribution in [2.45, 2.75) is 19.7 Å². The molecule has 2 aromatic carbocycles. The fourth-order valence-corrected chi connectivity index (χ4v) is 3.64. The van der Waals surface area contributed by atoms with Gasteiger partial charge in [-0.05, 0) is 48.5 Å². The number of pyridine rings is 1. The first-order chi connectivity index (χ1) is 15.0. The molecule has 0 aliphatic heterocycles. The van der Waals surface area contributed by atoms with E-state index >= 15 is 0 Å². The molecular formula is C23H20ClF2N3O2. The number of aromatic nitrogens is 2. The SMILES string of the molecule is CNCc1c[nH]c2ccc(Cn3ccc(OCc4ccc(F)cc4F)c(Cl)c3=O)cc12. The Kier molecular flexibility index (Phi) is 6.06. The topological polar surface area (TPSA) is 59.1 Å². The second kappa shape index (κ2) is 8.91. The van der Waals surface area contributed by atoms with Crippen LogP contribution >= 0.6 is 11.6 Å². The Morgan fingerprint density at radius 3 is 2.74 bits per heavy atom. The molecule has 160 valence electrons. The Labute approximate surface area is 182 Å². The molecule has 0 bridgehead atoms. The lowest BCUT2D eigenvalue weighted by Gasteiger charge is -2.12. The van der Waals surface area contributed by atoms with Crippen molar-refractivity contribution in [1.29, 1.82) is 0 Å². The van der Waals surface area contributed by atoms with Crippen molar-refractivity contribution in [2.24, 2.45) is 0 Å². The molecule has 0 aliphatic carbocycles. The van der Waals surface area contributed by atoms with Crippen LogP contribution in [-0.4, -0.2) is 16.6 Å². The van der Waals surface area contributed by atoms with Gasteiger partial charge in [0.15, 0.2) is 0 Å². The van der Waals surface area contributed by atoms with E-state index < -0.39 is 17.2 Å². The number of nitrogens with one attached hydrogen (secondary N) is 2. The van der Waals surface area contributed by atoms with E-state index in [1.165, 1.54) is 10.6 Å². The quantitative estimate of drug-likeness (QED) is 0.438. The second-order valence-electron chi connectivity index (χ2n) is 7.18. The molecular weight excluding hydrogens is 424 g/mol. The highest BCUT2D eigenvalue weighted by Crippen LogP contribution is 2.23. The first-order valence-electron chi connectivity index (χ1n) is 9.65. The molecule has 0 atom stereocenters. The van der Waals surface area contributed by atoms with Crippen LogP contribution < -0.4 is 15.6 Å². The standard InChI is InChI=1S/C23H20ClF2N3O2/c1-27-10-16-11-28-20-5-2-14(8-18(16)20)12-29-7-6-21(22(24)23(29)30)31-13-15-3-4-17(25)9-19(15)26/h2-9,11,27-28H,10,12-13H2,1H3. The first kappa shape index (κ1) is 21.1. The van der Waals surface area contributed by atoms with E-state index in [1.807, 2.05) is 31.4 Å². The minimum atomic E-state index is -0.720. The Balaban J connectivity index is 1.54. The maximum absolute atomic E-state index is 13.8. The van der Waals surface area contributed by atoms with E-state index in [2.05, 4.69) is 10.3 Å². The number of aromatic amines is 1. The first-order valence-corrected chi connectivity index (χ1v) is 10.0. The average Bonchev–Trinajstić information content (AvgIpc) is 3.14. The van der Waals surface area contributed by atoms with Gasteiger partial charge in [0.25, 0.3) is 5.56 Å². The van der Waals surface area contributed by atoms with Crippen molar-refractivity contribution in [1.82, 2.24) is 14.9 Å². The third-order valence-electron chi connectivity index (χ3n) is 5.02. The summed E-state index contributed by atoms with van der Waals surface area (Å²) in [6.07, 6.45) is 3.55. The Morgan fingerprint density at radius 2 is 1.97 bits per heavy atom. The zero-order chi connectivity index (χ0) is 22.0. The highest BCUT2D eigenvalue weighted by Gasteiger charge is 2.12. The van der Waals surface area contributed by atoms with Crippen molar-refractivity contribution in [2.75, 3.05) is 7.05 Å². The monoisotopic (exact) mass is 443 g/mol. The van der Waals surface area contributed by atoms with E-state index in [4.69, 9.17) is 16.3 Å². The molecule has 0 fully saturated rings. The van der Waals surface area contributed by atoms with Gasteiger partial charge in [0.1, 0.15) is 29.0 Å². The number of hydrogen-bond donors (Lipinski definition) is 2. The minimum Gasteiger partial charge on any atom is -0.487 e. The fraction of sp³-hybridized carbons (Fsp3) is 0.174. The average molecular weight is 444 g/mol. The van der Waals surface area contributed by atoms with Crippen molar-refractivity contribution in [3.63, 3.8) is 0 Å². The van der Waals surface area contributed by atoms with Gasteiger partial charge in [-0.2, -0.15) is 0 Å². The number of benzene rings is 2. The summed E-state index contributed by atoms with van der Waals surface area (Å²) in [6, 6.07) is 10.7. The zero-order valence-electron chi connectivity index (χ0n) is 16.7. The number of halogens is 3. The summed E-state index contributed by atoms with van der Waals surface area (Å²) >= 11 is 6.21. The van der Waals surface area contributed by atoms with Crippen LogP contribution in [0.4, 0.5) is 8.78 Å². The van der Waals surface area contributed by atoms with E-state index in [-0.39, 0.29) is 22.9 Å². The minimum absolute atomic E-state index is 0.0939. The van der Waals surface area contributed by atoms with E-state index in [0.717, 1.165) is 40.7 Å². The summed E-state index contributed by atoms with van der Waals surface area (Å²) in [5, 5.41) is 4.13. The lowest BCUT2D eigenvalue weighted by Crippen LogP contribution is -2.21. The van der Waals surface area contributed by atoms with Gasteiger partial charge in [-0.1, -0.05) is 17.7 Å². The molecule has 2 aromatic heterocycles. The van der Waals surface area contributed by atoms with Crippen LogP contribution in [0, 0.1) is 11.6 Å². The summed E-state index contributed by atoms with van der Waals surface area (Å²) in [7, 11) is 1.89. The number of hydrogen-bond acceptors (Lipinski definition) is 3. The van der Waals surface area contributed by atoms with Gasteiger partial charge in [-0.3, -0.25) is 4.79 Å². The number of ether oxygens (including phenoxy) is 1. The van der Waals surface area contributed by atoms with Crippen LogP contribution in [0.2, 0.25) is 5.02 Å². The van der Waals surface area contributed by atoms with Crippen LogP contribution in [-0.2, 0) is 19.7 Å². The van der Waals surface area contributed by atoms with Gasteiger partial charge in [-0.15, -0.1) is 0 Å². The molecule has 2 heterocycles. The zero-order valence-corrected chi connectivity index (χ0v) is 17.5. The largest absolute Gasteiger partial charge is 0.487 e. The molecule has 31 heavy (non-hydrogen) atoms. The maximum atomic E-state index is 13.8. The van der Waals surface area contributed by atoms with Gasteiger partial charge in [-0.25, -0.2) is 8.78 Å². The molecule has 0 unspecified atom stereocenters. The summed E-state index contributed by atoms with van der Waals surface area (Å²) < 4.78 is 33.8. The fourth-order valence-electron chi connectivity index (χ4n) is 3.42. The van der Waals surface area contributed by atoms with E-state index in [1.54, 1.807) is 12.3 Å².